The van der Waals surface area contributed by atoms with Crippen molar-refractivity contribution in [2.24, 2.45) is 23.7 Å². The van der Waals surface area contributed by atoms with Crippen molar-refractivity contribution in [3.8, 4) is 6.07 Å². The summed E-state index contributed by atoms with van der Waals surface area (Å²) >= 11 is 0. The van der Waals surface area contributed by atoms with E-state index in [9.17, 15) is 24.8 Å². The topological polar surface area (TPSA) is 114 Å². The molecule has 7 nitrogen and oxygen atoms in total. The molecule has 0 fully saturated rings. The maximum atomic E-state index is 11.9. The van der Waals surface area contributed by atoms with Gasteiger partial charge in [0.05, 0.1) is 19.3 Å². The highest BCUT2D eigenvalue weighted by molar-refractivity contribution is 5.95. The van der Waals surface area contributed by atoms with Gasteiger partial charge in [-0.1, -0.05) is 13.8 Å². The summed E-state index contributed by atoms with van der Waals surface area (Å²) in [5.74, 6) is -7.07. The lowest BCUT2D eigenvalue weighted by atomic mass is 9.77. The zero-order chi connectivity index (χ0) is 17.3. The number of aliphatic carboxylic acids is 1. The first-order valence-corrected chi connectivity index (χ1v) is 7.25. The van der Waals surface area contributed by atoms with Gasteiger partial charge in [-0.15, -0.1) is 0 Å². The van der Waals surface area contributed by atoms with Crippen LogP contribution in [0.1, 0.15) is 34.1 Å². The summed E-state index contributed by atoms with van der Waals surface area (Å²) in [6.07, 6.45) is 0.215. The minimum Gasteiger partial charge on any atom is -0.481 e. The van der Waals surface area contributed by atoms with Gasteiger partial charge in [0.1, 0.15) is 5.92 Å². The SMILES string of the molecule is CCOC(=O)C(C#N)C(CC(C)C)C(C(=O)O)C(=O)OCC. The molecule has 0 bridgehead atoms. The van der Waals surface area contributed by atoms with Crippen LogP contribution in [0.3, 0.4) is 0 Å². The van der Waals surface area contributed by atoms with E-state index in [1.165, 1.54) is 0 Å². The van der Waals surface area contributed by atoms with Gasteiger partial charge in [-0.25, -0.2) is 0 Å². The molecular formula is C15H23NO6. The first kappa shape index (κ1) is 19.9. The second-order valence-electron chi connectivity index (χ2n) is 5.22. The van der Waals surface area contributed by atoms with Crippen molar-refractivity contribution in [3.63, 3.8) is 0 Å². The summed E-state index contributed by atoms with van der Waals surface area (Å²) in [7, 11) is 0. The van der Waals surface area contributed by atoms with Crippen LogP contribution >= 0.6 is 0 Å². The molecule has 0 radical (unpaired) electrons. The van der Waals surface area contributed by atoms with Crippen molar-refractivity contribution in [3.05, 3.63) is 0 Å². The molecule has 3 unspecified atom stereocenters. The van der Waals surface area contributed by atoms with Gasteiger partial charge < -0.3 is 14.6 Å². The summed E-state index contributed by atoms with van der Waals surface area (Å²) in [5, 5.41) is 18.6. The molecule has 0 aliphatic carbocycles. The number of ether oxygens (including phenoxy) is 2. The quantitative estimate of drug-likeness (QED) is 0.508. The van der Waals surface area contributed by atoms with Gasteiger partial charge in [-0.2, -0.15) is 5.26 Å². The monoisotopic (exact) mass is 313 g/mol. The van der Waals surface area contributed by atoms with Crippen LogP contribution in [-0.4, -0.2) is 36.2 Å². The predicted molar refractivity (Wildman–Crippen MR) is 76.4 cm³/mol. The van der Waals surface area contributed by atoms with Crippen LogP contribution in [0.15, 0.2) is 0 Å². The van der Waals surface area contributed by atoms with Crippen LogP contribution in [0.25, 0.3) is 0 Å². The molecule has 0 aliphatic heterocycles. The summed E-state index contributed by atoms with van der Waals surface area (Å²) in [6.45, 7) is 6.87. The number of hydrogen-bond acceptors (Lipinski definition) is 6. The molecular weight excluding hydrogens is 290 g/mol. The normalized spacial score (nSPS) is 14.5. The molecule has 3 atom stereocenters. The Kier molecular flexibility index (Phi) is 8.83. The van der Waals surface area contributed by atoms with E-state index < -0.39 is 35.7 Å². The van der Waals surface area contributed by atoms with Crippen LogP contribution in [0.4, 0.5) is 0 Å². The lowest BCUT2D eigenvalue weighted by Crippen LogP contribution is -2.40. The van der Waals surface area contributed by atoms with Gasteiger partial charge >= 0.3 is 17.9 Å². The molecule has 0 aromatic rings. The molecule has 1 N–H and O–H groups in total. The maximum Gasteiger partial charge on any atom is 0.323 e. The molecule has 22 heavy (non-hydrogen) atoms. The fourth-order valence-electron chi connectivity index (χ4n) is 2.26. The largest absolute Gasteiger partial charge is 0.481 e. The van der Waals surface area contributed by atoms with E-state index >= 15 is 0 Å². The third kappa shape index (κ3) is 5.72. The van der Waals surface area contributed by atoms with E-state index in [1.807, 2.05) is 13.8 Å². The fourth-order valence-corrected chi connectivity index (χ4v) is 2.26. The molecule has 0 saturated carbocycles. The molecule has 0 heterocycles. The Balaban J connectivity index is 5.63. The molecule has 0 rings (SSSR count). The number of carboxylic acids is 1. The van der Waals surface area contributed by atoms with E-state index in [4.69, 9.17) is 9.47 Å². The fraction of sp³-hybridized carbons (Fsp3) is 0.733. The van der Waals surface area contributed by atoms with Crippen LogP contribution in [0, 0.1) is 35.0 Å². The smallest absolute Gasteiger partial charge is 0.323 e. The second-order valence-corrected chi connectivity index (χ2v) is 5.22. The average Bonchev–Trinajstić information content (AvgIpc) is 2.38. The lowest BCUT2D eigenvalue weighted by molar-refractivity contribution is -0.164. The van der Waals surface area contributed by atoms with Crippen LogP contribution < -0.4 is 0 Å². The summed E-state index contributed by atoms with van der Waals surface area (Å²) in [5.41, 5.74) is 0. The second kappa shape index (κ2) is 9.77. The summed E-state index contributed by atoms with van der Waals surface area (Å²) in [4.78, 5) is 35.3. The minimum atomic E-state index is -1.57. The Labute approximate surface area is 130 Å². The minimum absolute atomic E-state index is 0.00782. The number of rotatable bonds is 9. The Bertz CT molecular complexity index is 440. The number of esters is 2. The third-order valence-electron chi connectivity index (χ3n) is 3.09. The van der Waals surface area contributed by atoms with Gasteiger partial charge in [0, 0.05) is 5.92 Å². The molecule has 0 aliphatic rings. The first-order valence-electron chi connectivity index (χ1n) is 7.25. The predicted octanol–water partition coefficient (Wildman–Crippen LogP) is 1.62. The van der Waals surface area contributed by atoms with Crippen molar-refractivity contribution in [1.82, 2.24) is 0 Å². The van der Waals surface area contributed by atoms with Crippen molar-refractivity contribution in [2.75, 3.05) is 13.2 Å². The highest BCUT2D eigenvalue weighted by Crippen LogP contribution is 2.30. The standard InChI is InChI=1S/C15H23NO6/c1-5-21-14(19)11(8-16)10(7-9(3)4)12(13(17)18)15(20)22-6-2/h9-12H,5-7H2,1-4H3,(H,17,18). The molecule has 0 aromatic heterocycles. The van der Waals surface area contributed by atoms with Gasteiger partial charge in [-0.05, 0) is 26.2 Å². The average molecular weight is 313 g/mol. The van der Waals surface area contributed by atoms with E-state index in [-0.39, 0.29) is 25.6 Å². The number of hydrogen-bond donors (Lipinski definition) is 1. The summed E-state index contributed by atoms with van der Waals surface area (Å²) < 4.78 is 9.60. The highest BCUT2D eigenvalue weighted by atomic mass is 16.5. The molecule has 0 saturated heterocycles. The number of carboxylic acid groups (broad SMARTS) is 1. The van der Waals surface area contributed by atoms with Crippen LogP contribution in [0.5, 0.6) is 0 Å². The Hall–Kier alpha value is -2.10. The van der Waals surface area contributed by atoms with E-state index in [0.29, 0.717) is 0 Å². The third-order valence-corrected chi connectivity index (χ3v) is 3.09. The van der Waals surface area contributed by atoms with Gasteiger partial charge in [-0.3, -0.25) is 14.4 Å². The number of carbonyl (C=O) groups excluding carboxylic acids is 2. The lowest BCUT2D eigenvalue weighted by Gasteiger charge is -2.26. The zero-order valence-electron chi connectivity index (χ0n) is 13.4. The van der Waals surface area contributed by atoms with Gasteiger partial charge in [0.15, 0.2) is 5.92 Å². The maximum absolute atomic E-state index is 11.9. The van der Waals surface area contributed by atoms with Crippen LogP contribution in [0.2, 0.25) is 0 Å². The van der Waals surface area contributed by atoms with E-state index in [1.54, 1.807) is 19.9 Å². The Morgan fingerprint density at radius 3 is 1.95 bits per heavy atom. The van der Waals surface area contributed by atoms with Crippen molar-refractivity contribution < 1.29 is 29.0 Å². The van der Waals surface area contributed by atoms with E-state index in [2.05, 4.69) is 0 Å². The summed E-state index contributed by atoms with van der Waals surface area (Å²) in [6, 6.07) is 1.78. The molecule has 0 aromatic carbocycles. The molecule has 0 amide bonds. The Morgan fingerprint density at radius 2 is 1.59 bits per heavy atom. The molecule has 124 valence electrons. The molecule has 7 heteroatoms. The first-order chi connectivity index (χ1) is 10.3. The van der Waals surface area contributed by atoms with Gasteiger partial charge in [0.2, 0.25) is 0 Å². The van der Waals surface area contributed by atoms with Crippen molar-refractivity contribution in [2.45, 2.75) is 34.1 Å². The van der Waals surface area contributed by atoms with Crippen molar-refractivity contribution in [1.29, 1.82) is 5.26 Å². The zero-order valence-corrected chi connectivity index (χ0v) is 13.4. The number of nitriles is 1. The highest BCUT2D eigenvalue weighted by Gasteiger charge is 2.44. The molecule has 0 spiro atoms. The van der Waals surface area contributed by atoms with Crippen molar-refractivity contribution >= 4 is 17.9 Å². The number of nitrogens with zero attached hydrogens (tertiary/aromatic N) is 1. The van der Waals surface area contributed by atoms with E-state index in [0.717, 1.165) is 0 Å². The van der Waals surface area contributed by atoms with Crippen LogP contribution in [-0.2, 0) is 23.9 Å². The number of carbonyl (C=O) groups is 3. The van der Waals surface area contributed by atoms with Gasteiger partial charge in [0.25, 0.3) is 0 Å². The Morgan fingerprint density at radius 1 is 1.09 bits per heavy atom.